The van der Waals surface area contributed by atoms with Crippen molar-refractivity contribution >= 4 is 0 Å². The van der Waals surface area contributed by atoms with Crippen LogP contribution in [0.25, 0.3) is 0 Å². The first kappa shape index (κ1) is 8.51. The third-order valence-corrected chi connectivity index (χ3v) is 2.11. The van der Waals surface area contributed by atoms with Crippen molar-refractivity contribution in [1.82, 2.24) is 0 Å². The SMILES string of the molecule is CC1(C)COC(CC#N)C1O. The van der Waals surface area contributed by atoms with Crippen LogP contribution < -0.4 is 0 Å². The van der Waals surface area contributed by atoms with Crippen LogP contribution in [0.4, 0.5) is 0 Å². The minimum Gasteiger partial charge on any atom is -0.390 e. The van der Waals surface area contributed by atoms with Gasteiger partial charge in [-0.25, -0.2) is 0 Å². The van der Waals surface area contributed by atoms with E-state index in [9.17, 15) is 5.11 Å². The third kappa shape index (κ3) is 1.52. The lowest BCUT2D eigenvalue weighted by molar-refractivity contribution is 0.0346. The van der Waals surface area contributed by atoms with E-state index in [-0.39, 0.29) is 17.9 Å². The molecule has 0 saturated carbocycles. The van der Waals surface area contributed by atoms with Crippen molar-refractivity contribution in [2.24, 2.45) is 5.41 Å². The zero-order valence-corrected chi connectivity index (χ0v) is 6.87. The smallest absolute Gasteiger partial charge is 0.0969 e. The average Bonchev–Trinajstić information content (AvgIpc) is 2.17. The van der Waals surface area contributed by atoms with Gasteiger partial charge < -0.3 is 9.84 Å². The summed E-state index contributed by atoms with van der Waals surface area (Å²) in [4.78, 5) is 0. The largest absolute Gasteiger partial charge is 0.390 e. The van der Waals surface area contributed by atoms with Crippen LogP contribution in [0.3, 0.4) is 0 Å². The highest BCUT2D eigenvalue weighted by atomic mass is 16.5. The zero-order chi connectivity index (χ0) is 8.48. The van der Waals surface area contributed by atoms with E-state index < -0.39 is 6.10 Å². The Bertz CT molecular complexity index is 183. The molecule has 2 unspecified atom stereocenters. The predicted molar refractivity (Wildman–Crippen MR) is 39.8 cm³/mol. The van der Waals surface area contributed by atoms with Gasteiger partial charge in [-0.3, -0.25) is 0 Å². The predicted octanol–water partition coefficient (Wildman–Crippen LogP) is 0.686. The standard InChI is InChI=1S/C8H13NO2/c1-8(2)5-11-6(3-4-9)7(8)10/h6-7,10H,3,5H2,1-2H3. The van der Waals surface area contributed by atoms with E-state index in [1.807, 2.05) is 19.9 Å². The van der Waals surface area contributed by atoms with Crippen LogP contribution in [0.2, 0.25) is 0 Å². The van der Waals surface area contributed by atoms with Crippen LogP contribution in [0.1, 0.15) is 20.3 Å². The molecule has 0 aromatic carbocycles. The molecule has 1 N–H and O–H groups in total. The molecular weight excluding hydrogens is 142 g/mol. The van der Waals surface area contributed by atoms with Crippen molar-refractivity contribution in [1.29, 1.82) is 5.26 Å². The monoisotopic (exact) mass is 155 g/mol. The average molecular weight is 155 g/mol. The summed E-state index contributed by atoms with van der Waals surface area (Å²) in [5, 5.41) is 17.9. The lowest BCUT2D eigenvalue weighted by Crippen LogP contribution is -2.32. The molecule has 1 aliphatic rings. The number of hydrogen-bond acceptors (Lipinski definition) is 3. The number of aliphatic hydroxyl groups excluding tert-OH is 1. The first-order valence-corrected chi connectivity index (χ1v) is 3.74. The lowest BCUT2D eigenvalue weighted by atomic mass is 9.87. The molecule has 3 heteroatoms. The molecule has 1 saturated heterocycles. The molecule has 1 aliphatic heterocycles. The Morgan fingerprint density at radius 1 is 1.73 bits per heavy atom. The second-order valence-corrected chi connectivity index (χ2v) is 3.65. The van der Waals surface area contributed by atoms with Crippen LogP contribution >= 0.6 is 0 Å². The topological polar surface area (TPSA) is 53.2 Å². The Hall–Kier alpha value is -0.590. The molecule has 0 bridgehead atoms. The van der Waals surface area contributed by atoms with E-state index in [1.54, 1.807) is 0 Å². The van der Waals surface area contributed by atoms with Gasteiger partial charge in [-0.2, -0.15) is 5.26 Å². The summed E-state index contributed by atoms with van der Waals surface area (Å²) in [5.41, 5.74) is -0.193. The highest BCUT2D eigenvalue weighted by Crippen LogP contribution is 2.32. The Morgan fingerprint density at radius 3 is 2.73 bits per heavy atom. The fraction of sp³-hybridized carbons (Fsp3) is 0.875. The van der Waals surface area contributed by atoms with E-state index in [0.717, 1.165) is 0 Å². The summed E-state index contributed by atoms with van der Waals surface area (Å²) in [6, 6.07) is 1.99. The van der Waals surface area contributed by atoms with Gasteiger partial charge in [-0.05, 0) is 0 Å². The van der Waals surface area contributed by atoms with Gasteiger partial charge >= 0.3 is 0 Å². The van der Waals surface area contributed by atoms with E-state index >= 15 is 0 Å². The molecule has 11 heavy (non-hydrogen) atoms. The van der Waals surface area contributed by atoms with Gasteiger partial charge in [0.25, 0.3) is 0 Å². The fourth-order valence-corrected chi connectivity index (χ4v) is 1.26. The van der Waals surface area contributed by atoms with Crippen molar-refractivity contribution in [3.8, 4) is 6.07 Å². The van der Waals surface area contributed by atoms with Crippen LogP contribution in [0, 0.1) is 16.7 Å². The van der Waals surface area contributed by atoms with Crippen LogP contribution in [-0.4, -0.2) is 23.9 Å². The van der Waals surface area contributed by atoms with Crippen molar-refractivity contribution in [3.05, 3.63) is 0 Å². The normalized spacial score (nSPS) is 35.1. The molecule has 1 heterocycles. The molecule has 1 fully saturated rings. The Kier molecular flexibility index (Phi) is 2.17. The van der Waals surface area contributed by atoms with Crippen molar-refractivity contribution < 1.29 is 9.84 Å². The Morgan fingerprint density at radius 2 is 2.36 bits per heavy atom. The Balaban J connectivity index is 2.57. The molecule has 3 nitrogen and oxygen atoms in total. The minimum absolute atomic E-state index is 0.193. The van der Waals surface area contributed by atoms with Crippen molar-refractivity contribution in [2.45, 2.75) is 32.5 Å². The molecule has 0 spiro atoms. The van der Waals surface area contributed by atoms with Crippen LogP contribution in [-0.2, 0) is 4.74 Å². The Labute approximate surface area is 66.6 Å². The quantitative estimate of drug-likeness (QED) is 0.606. The van der Waals surface area contributed by atoms with Gasteiger partial charge in [0.15, 0.2) is 0 Å². The number of aliphatic hydroxyl groups is 1. The summed E-state index contributed by atoms with van der Waals surface area (Å²) in [6.45, 7) is 4.42. The number of ether oxygens (including phenoxy) is 1. The maximum absolute atomic E-state index is 9.57. The van der Waals surface area contributed by atoms with Gasteiger partial charge in [0.05, 0.1) is 31.3 Å². The molecule has 2 atom stereocenters. The molecule has 0 radical (unpaired) electrons. The molecule has 1 rings (SSSR count). The summed E-state index contributed by atoms with van der Waals surface area (Å²) in [5.74, 6) is 0. The maximum Gasteiger partial charge on any atom is 0.0969 e. The van der Waals surface area contributed by atoms with Gasteiger partial charge in [0.1, 0.15) is 0 Å². The number of hydrogen-bond donors (Lipinski definition) is 1. The zero-order valence-electron chi connectivity index (χ0n) is 6.87. The van der Waals surface area contributed by atoms with E-state index in [4.69, 9.17) is 10.00 Å². The van der Waals surface area contributed by atoms with Crippen molar-refractivity contribution in [3.63, 3.8) is 0 Å². The second kappa shape index (κ2) is 2.80. The van der Waals surface area contributed by atoms with Crippen LogP contribution in [0.15, 0.2) is 0 Å². The summed E-state index contributed by atoms with van der Waals surface area (Å²) in [7, 11) is 0. The first-order chi connectivity index (χ1) is 5.08. The minimum atomic E-state index is -0.498. The van der Waals surface area contributed by atoms with Gasteiger partial charge in [0, 0.05) is 5.41 Å². The van der Waals surface area contributed by atoms with E-state index in [2.05, 4.69) is 0 Å². The second-order valence-electron chi connectivity index (χ2n) is 3.65. The third-order valence-electron chi connectivity index (χ3n) is 2.11. The summed E-state index contributed by atoms with van der Waals surface area (Å²) in [6.07, 6.45) is -0.498. The van der Waals surface area contributed by atoms with Gasteiger partial charge in [-0.1, -0.05) is 13.8 Å². The molecule has 0 aliphatic carbocycles. The van der Waals surface area contributed by atoms with Crippen LogP contribution in [0.5, 0.6) is 0 Å². The number of rotatable bonds is 1. The first-order valence-electron chi connectivity index (χ1n) is 3.74. The van der Waals surface area contributed by atoms with Gasteiger partial charge in [0.2, 0.25) is 0 Å². The maximum atomic E-state index is 9.57. The van der Waals surface area contributed by atoms with Crippen molar-refractivity contribution in [2.75, 3.05) is 6.61 Å². The summed E-state index contributed by atoms with van der Waals surface area (Å²) < 4.78 is 5.25. The number of nitriles is 1. The molecule has 0 aromatic rings. The highest BCUT2D eigenvalue weighted by Gasteiger charge is 2.41. The lowest BCUT2D eigenvalue weighted by Gasteiger charge is -2.21. The van der Waals surface area contributed by atoms with E-state index in [0.29, 0.717) is 6.61 Å². The molecule has 0 amide bonds. The van der Waals surface area contributed by atoms with E-state index in [1.165, 1.54) is 0 Å². The molecule has 0 aromatic heterocycles. The van der Waals surface area contributed by atoms with Gasteiger partial charge in [-0.15, -0.1) is 0 Å². The highest BCUT2D eigenvalue weighted by molar-refractivity contribution is 4.94. The fourth-order valence-electron chi connectivity index (χ4n) is 1.26. The molecule has 62 valence electrons. The molecular formula is C8H13NO2. The summed E-state index contributed by atoms with van der Waals surface area (Å²) >= 11 is 0. The number of nitrogens with zero attached hydrogens (tertiary/aromatic N) is 1.